The molecule has 2 aromatic rings. The summed E-state index contributed by atoms with van der Waals surface area (Å²) in [5.41, 5.74) is 0.398. The molecule has 0 saturated carbocycles. The Kier molecular flexibility index (Phi) is 8.03. The number of hydrogen-bond donors (Lipinski definition) is 1. The van der Waals surface area contributed by atoms with Crippen molar-refractivity contribution < 1.29 is 18.0 Å². The van der Waals surface area contributed by atoms with Crippen LogP contribution in [-0.4, -0.2) is 65.2 Å². The standard InChI is InChI=1S/C21H29N5O5S2/c1-4-26(5-2)33(30,31)17-6-7-18(27)25(12-17)13-19(28)24-10-8-16(9-11-24)20(29)23-21-22-15(3)14-32-21/h6-7,12,14,16H,4-5,8-11,13H2,1-3H3,(H,22,23,29). The molecule has 0 radical (unpaired) electrons. The molecule has 2 amide bonds. The van der Waals surface area contributed by atoms with Crippen LogP contribution in [-0.2, 0) is 26.2 Å². The Bertz CT molecular complexity index is 1160. The first-order chi connectivity index (χ1) is 15.6. The summed E-state index contributed by atoms with van der Waals surface area (Å²) in [5, 5.41) is 5.25. The third kappa shape index (κ3) is 5.87. The molecule has 33 heavy (non-hydrogen) atoms. The Balaban J connectivity index is 1.62. The van der Waals surface area contributed by atoms with Gasteiger partial charge in [-0.2, -0.15) is 4.31 Å². The van der Waals surface area contributed by atoms with Gasteiger partial charge in [-0.25, -0.2) is 13.4 Å². The average Bonchev–Trinajstić information content (AvgIpc) is 3.20. The zero-order chi connectivity index (χ0) is 24.2. The second-order valence-electron chi connectivity index (χ2n) is 7.86. The van der Waals surface area contributed by atoms with Gasteiger partial charge in [0.05, 0.1) is 10.6 Å². The number of sulfonamides is 1. The molecule has 180 valence electrons. The molecule has 3 heterocycles. The zero-order valence-corrected chi connectivity index (χ0v) is 20.6. The number of aryl methyl sites for hydroxylation is 1. The van der Waals surface area contributed by atoms with Crippen LogP contribution in [0.2, 0.25) is 0 Å². The summed E-state index contributed by atoms with van der Waals surface area (Å²) < 4.78 is 27.9. The van der Waals surface area contributed by atoms with Crippen molar-refractivity contribution >= 4 is 38.3 Å². The molecule has 1 aliphatic rings. The van der Waals surface area contributed by atoms with Gasteiger partial charge in [-0.1, -0.05) is 13.8 Å². The largest absolute Gasteiger partial charge is 0.341 e. The number of nitrogens with zero attached hydrogens (tertiary/aromatic N) is 4. The summed E-state index contributed by atoms with van der Waals surface area (Å²) in [6, 6.07) is 2.44. The highest BCUT2D eigenvalue weighted by molar-refractivity contribution is 7.89. The van der Waals surface area contributed by atoms with Gasteiger partial charge >= 0.3 is 0 Å². The molecule has 1 saturated heterocycles. The van der Waals surface area contributed by atoms with Gasteiger partial charge in [0.25, 0.3) is 5.56 Å². The van der Waals surface area contributed by atoms with E-state index in [2.05, 4.69) is 10.3 Å². The first-order valence-electron chi connectivity index (χ1n) is 10.9. The minimum Gasteiger partial charge on any atom is -0.341 e. The predicted octanol–water partition coefficient (Wildman–Crippen LogP) is 1.52. The van der Waals surface area contributed by atoms with Crippen LogP contribution in [0.25, 0.3) is 0 Å². The van der Waals surface area contributed by atoms with E-state index in [1.54, 1.807) is 18.7 Å². The van der Waals surface area contributed by atoms with E-state index in [0.717, 1.165) is 10.3 Å². The quantitative estimate of drug-likeness (QED) is 0.593. The number of aromatic nitrogens is 2. The van der Waals surface area contributed by atoms with Crippen molar-refractivity contribution in [2.24, 2.45) is 5.92 Å². The van der Waals surface area contributed by atoms with Crippen LogP contribution < -0.4 is 10.9 Å². The maximum absolute atomic E-state index is 12.8. The van der Waals surface area contributed by atoms with Crippen molar-refractivity contribution in [3.8, 4) is 0 Å². The number of carbonyl (C=O) groups is 2. The van der Waals surface area contributed by atoms with Crippen molar-refractivity contribution in [2.75, 3.05) is 31.5 Å². The average molecular weight is 496 g/mol. The molecule has 1 fully saturated rings. The second kappa shape index (κ2) is 10.6. The fourth-order valence-electron chi connectivity index (χ4n) is 3.75. The highest BCUT2D eigenvalue weighted by Crippen LogP contribution is 2.22. The summed E-state index contributed by atoms with van der Waals surface area (Å²) in [7, 11) is -3.74. The van der Waals surface area contributed by atoms with E-state index >= 15 is 0 Å². The van der Waals surface area contributed by atoms with E-state index in [4.69, 9.17) is 0 Å². The molecule has 10 nitrogen and oxygen atoms in total. The Hall–Kier alpha value is -2.57. The maximum atomic E-state index is 12.8. The van der Waals surface area contributed by atoms with E-state index < -0.39 is 15.6 Å². The molecule has 12 heteroatoms. The number of thiazole rings is 1. The fourth-order valence-corrected chi connectivity index (χ4v) is 5.92. The molecule has 3 rings (SSSR count). The molecule has 0 aliphatic carbocycles. The molecule has 2 aromatic heterocycles. The van der Waals surface area contributed by atoms with E-state index in [1.165, 1.54) is 34.0 Å². The zero-order valence-electron chi connectivity index (χ0n) is 19.0. The molecule has 0 unspecified atom stereocenters. The highest BCUT2D eigenvalue weighted by atomic mass is 32.2. The maximum Gasteiger partial charge on any atom is 0.251 e. The summed E-state index contributed by atoms with van der Waals surface area (Å²) in [4.78, 5) is 43.4. The Morgan fingerprint density at radius 1 is 1.21 bits per heavy atom. The van der Waals surface area contributed by atoms with E-state index in [9.17, 15) is 22.8 Å². The van der Waals surface area contributed by atoms with Crippen LogP contribution >= 0.6 is 11.3 Å². The van der Waals surface area contributed by atoms with Crippen molar-refractivity contribution in [3.05, 3.63) is 39.8 Å². The normalized spacial score (nSPS) is 15.1. The fraction of sp³-hybridized carbons (Fsp3) is 0.524. The first kappa shape index (κ1) is 25.1. The lowest BCUT2D eigenvalue weighted by Gasteiger charge is -2.31. The Labute approximate surface area is 197 Å². The van der Waals surface area contributed by atoms with Crippen molar-refractivity contribution in [1.29, 1.82) is 0 Å². The summed E-state index contributed by atoms with van der Waals surface area (Å²) in [5.74, 6) is -0.616. The number of hydrogen-bond acceptors (Lipinski definition) is 7. The number of rotatable bonds is 8. The third-order valence-corrected chi connectivity index (χ3v) is 8.58. The summed E-state index contributed by atoms with van der Waals surface area (Å²) in [6.45, 7) is 6.47. The number of carbonyl (C=O) groups excluding carboxylic acids is 2. The van der Waals surface area contributed by atoms with E-state index in [0.29, 0.717) is 44.2 Å². The first-order valence-corrected chi connectivity index (χ1v) is 13.2. The number of anilines is 1. The lowest BCUT2D eigenvalue weighted by Crippen LogP contribution is -2.43. The molecular formula is C21H29N5O5S2. The van der Waals surface area contributed by atoms with E-state index in [-0.39, 0.29) is 29.2 Å². The molecule has 0 atom stereocenters. The van der Waals surface area contributed by atoms with Crippen LogP contribution in [0.3, 0.4) is 0 Å². The highest BCUT2D eigenvalue weighted by Gasteiger charge is 2.28. The van der Waals surface area contributed by atoms with Crippen LogP contribution in [0.4, 0.5) is 5.13 Å². The number of pyridine rings is 1. The SMILES string of the molecule is CCN(CC)S(=O)(=O)c1ccc(=O)n(CC(=O)N2CCC(C(=O)Nc3nc(C)cs3)CC2)c1. The second-order valence-corrected chi connectivity index (χ2v) is 10.7. The molecule has 1 N–H and O–H groups in total. The van der Waals surface area contributed by atoms with Gasteiger partial charge in [-0.3, -0.25) is 14.4 Å². The minimum atomic E-state index is -3.74. The van der Waals surface area contributed by atoms with Crippen LogP contribution in [0, 0.1) is 12.8 Å². The number of piperidine rings is 1. The number of amides is 2. The molecule has 0 aromatic carbocycles. The van der Waals surface area contributed by atoms with E-state index in [1.807, 2.05) is 12.3 Å². The number of nitrogens with one attached hydrogen (secondary N) is 1. The number of likely N-dealkylation sites (tertiary alicyclic amines) is 1. The summed E-state index contributed by atoms with van der Waals surface area (Å²) >= 11 is 1.37. The predicted molar refractivity (Wildman–Crippen MR) is 126 cm³/mol. The van der Waals surface area contributed by atoms with Gasteiger partial charge < -0.3 is 14.8 Å². The van der Waals surface area contributed by atoms with Crippen molar-refractivity contribution in [2.45, 2.75) is 45.1 Å². The van der Waals surface area contributed by atoms with Crippen LogP contribution in [0.1, 0.15) is 32.4 Å². The van der Waals surface area contributed by atoms with Crippen molar-refractivity contribution in [1.82, 2.24) is 18.8 Å². The van der Waals surface area contributed by atoms with Gasteiger partial charge in [0, 0.05) is 49.7 Å². The van der Waals surface area contributed by atoms with Gasteiger partial charge in [-0.05, 0) is 25.8 Å². The van der Waals surface area contributed by atoms with Gasteiger partial charge in [0.1, 0.15) is 6.54 Å². The Morgan fingerprint density at radius 2 is 1.88 bits per heavy atom. The van der Waals surface area contributed by atoms with Gasteiger partial charge in [0.2, 0.25) is 21.8 Å². The topological polar surface area (TPSA) is 122 Å². The lowest BCUT2D eigenvalue weighted by atomic mass is 9.96. The van der Waals surface area contributed by atoms with Crippen LogP contribution in [0.15, 0.2) is 33.4 Å². The van der Waals surface area contributed by atoms with Gasteiger partial charge in [0.15, 0.2) is 5.13 Å². The van der Waals surface area contributed by atoms with Crippen LogP contribution in [0.5, 0.6) is 0 Å². The minimum absolute atomic E-state index is 0.0218. The molecule has 1 aliphatic heterocycles. The molecule has 0 bridgehead atoms. The summed E-state index contributed by atoms with van der Waals surface area (Å²) in [6.07, 6.45) is 2.24. The van der Waals surface area contributed by atoms with Crippen molar-refractivity contribution in [3.63, 3.8) is 0 Å². The lowest BCUT2D eigenvalue weighted by molar-refractivity contribution is -0.135. The molecular weight excluding hydrogens is 466 g/mol. The third-order valence-electron chi connectivity index (χ3n) is 5.67. The monoisotopic (exact) mass is 495 g/mol. The van der Waals surface area contributed by atoms with Gasteiger partial charge in [-0.15, -0.1) is 11.3 Å². The Morgan fingerprint density at radius 3 is 2.45 bits per heavy atom. The smallest absolute Gasteiger partial charge is 0.251 e. The molecule has 0 spiro atoms.